The molecule has 0 saturated carbocycles. The van der Waals surface area contributed by atoms with Gasteiger partial charge in [0.15, 0.2) is 5.69 Å². The van der Waals surface area contributed by atoms with Crippen LogP contribution in [0.15, 0.2) is 78.9 Å². The van der Waals surface area contributed by atoms with Crippen molar-refractivity contribution in [2.75, 3.05) is 11.9 Å². The first-order valence-corrected chi connectivity index (χ1v) is 11.8. The summed E-state index contributed by atoms with van der Waals surface area (Å²) in [6, 6.07) is 21.7. The smallest absolute Gasteiger partial charge is 0.369 e. The fourth-order valence-corrected chi connectivity index (χ4v) is 4.03. The van der Waals surface area contributed by atoms with E-state index in [1.54, 1.807) is 42.5 Å². The molecule has 4 rings (SSSR count). The van der Waals surface area contributed by atoms with Crippen LogP contribution in [0.25, 0.3) is 5.69 Å². The lowest BCUT2D eigenvalue weighted by molar-refractivity contribution is -0.141. The molecule has 0 saturated heterocycles. The van der Waals surface area contributed by atoms with Crippen LogP contribution in [0.3, 0.4) is 0 Å². The normalized spacial score (nSPS) is 12.4. The first-order chi connectivity index (χ1) is 17.7. The Hall–Kier alpha value is -3.66. The average Bonchev–Trinajstić information content (AvgIpc) is 3.36. The first-order valence-electron chi connectivity index (χ1n) is 11.4. The van der Waals surface area contributed by atoms with E-state index in [0.717, 1.165) is 10.2 Å². The molecule has 1 aromatic heterocycles. The van der Waals surface area contributed by atoms with Crippen molar-refractivity contribution in [3.05, 3.63) is 112 Å². The lowest BCUT2D eigenvalue weighted by atomic mass is 10.0. The second-order valence-electron chi connectivity index (χ2n) is 8.14. The van der Waals surface area contributed by atoms with Crippen LogP contribution in [-0.4, -0.2) is 22.3 Å². The number of ether oxygens (including phenoxy) is 1. The molecular formula is C27H24ClF3N4O2. The number of hydrogen-bond donors (Lipinski definition) is 2. The monoisotopic (exact) mass is 528 g/mol. The summed E-state index contributed by atoms with van der Waals surface area (Å²) in [5.74, 6) is -0.812. The third-order valence-corrected chi connectivity index (χ3v) is 5.93. The molecule has 1 atom stereocenters. The molecule has 0 aliphatic rings. The largest absolute Gasteiger partial charge is 0.435 e. The molecule has 10 heteroatoms. The van der Waals surface area contributed by atoms with E-state index in [9.17, 15) is 18.0 Å². The van der Waals surface area contributed by atoms with E-state index in [1.165, 1.54) is 0 Å². The van der Waals surface area contributed by atoms with Crippen LogP contribution in [0.2, 0.25) is 5.02 Å². The highest BCUT2D eigenvalue weighted by Crippen LogP contribution is 2.33. The van der Waals surface area contributed by atoms with Crippen LogP contribution in [0.1, 0.15) is 45.9 Å². The number of amides is 1. The van der Waals surface area contributed by atoms with E-state index in [4.69, 9.17) is 22.1 Å². The highest BCUT2D eigenvalue weighted by Gasteiger charge is 2.36. The van der Waals surface area contributed by atoms with Gasteiger partial charge in [-0.15, -0.1) is 0 Å². The van der Waals surface area contributed by atoms with Gasteiger partial charge in [0, 0.05) is 19.2 Å². The summed E-state index contributed by atoms with van der Waals surface area (Å²) in [6.45, 7) is 2.48. The van der Waals surface area contributed by atoms with Crippen LogP contribution in [-0.2, 0) is 17.5 Å². The molecule has 4 aromatic rings. The number of alkyl halides is 3. The standard InChI is InChI=1S/C27H24ClF3N4O2/c1-2-37-25(18-8-4-3-5-9-18)19-11-12-21(28)22(14-19)33-26(36)23-15-24(27(29,30)31)34-35(23)20-10-6-7-17(13-20)16-32/h3-15,25H,2,16,32H2,1H3,(H,33,36). The van der Waals surface area contributed by atoms with Gasteiger partial charge in [-0.3, -0.25) is 4.79 Å². The molecule has 0 fully saturated rings. The summed E-state index contributed by atoms with van der Waals surface area (Å²) in [7, 11) is 0. The minimum absolute atomic E-state index is 0.174. The van der Waals surface area contributed by atoms with E-state index in [1.807, 2.05) is 37.3 Å². The minimum Gasteiger partial charge on any atom is -0.369 e. The van der Waals surface area contributed by atoms with E-state index >= 15 is 0 Å². The molecule has 0 bridgehead atoms. The fraction of sp³-hybridized carbons (Fsp3) is 0.185. The Morgan fingerprint density at radius 2 is 1.81 bits per heavy atom. The number of aromatic nitrogens is 2. The molecule has 0 radical (unpaired) electrons. The van der Waals surface area contributed by atoms with E-state index in [2.05, 4.69) is 10.4 Å². The number of halogens is 4. The number of rotatable bonds is 8. The van der Waals surface area contributed by atoms with Gasteiger partial charge < -0.3 is 15.8 Å². The second-order valence-corrected chi connectivity index (χ2v) is 8.55. The predicted octanol–water partition coefficient (Wildman–Crippen LogP) is 6.38. The summed E-state index contributed by atoms with van der Waals surface area (Å²) in [5, 5.41) is 6.51. The SMILES string of the molecule is CCOC(c1ccccc1)c1ccc(Cl)c(NC(=O)c2cc(C(F)(F)F)nn2-c2cccc(CN)c2)c1. The molecule has 1 unspecified atom stereocenters. The molecular weight excluding hydrogens is 505 g/mol. The molecule has 3 N–H and O–H groups in total. The van der Waals surface area contributed by atoms with Gasteiger partial charge in [-0.1, -0.05) is 60.1 Å². The zero-order valence-electron chi connectivity index (χ0n) is 19.8. The van der Waals surface area contributed by atoms with Crippen molar-refractivity contribution in [3.8, 4) is 5.69 Å². The maximum absolute atomic E-state index is 13.5. The molecule has 192 valence electrons. The maximum atomic E-state index is 13.5. The molecule has 0 aliphatic heterocycles. The molecule has 3 aromatic carbocycles. The van der Waals surface area contributed by atoms with Crippen molar-refractivity contribution < 1.29 is 22.7 Å². The molecule has 0 aliphatic carbocycles. The van der Waals surface area contributed by atoms with Crippen molar-refractivity contribution in [3.63, 3.8) is 0 Å². The Balaban J connectivity index is 1.71. The molecule has 0 spiro atoms. The predicted molar refractivity (Wildman–Crippen MR) is 136 cm³/mol. The Kier molecular flexibility index (Phi) is 7.97. The minimum atomic E-state index is -4.75. The number of carbonyl (C=O) groups is 1. The van der Waals surface area contributed by atoms with E-state index in [0.29, 0.717) is 23.8 Å². The lowest BCUT2D eigenvalue weighted by Crippen LogP contribution is -2.18. The van der Waals surface area contributed by atoms with Crippen LogP contribution < -0.4 is 11.1 Å². The zero-order chi connectivity index (χ0) is 26.6. The van der Waals surface area contributed by atoms with Gasteiger partial charge >= 0.3 is 6.18 Å². The fourth-order valence-electron chi connectivity index (χ4n) is 3.86. The number of nitrogens with two attached hydrogens (primary N) is 1. The maximum Gasteiger partial charge on any atom is 0.435 e. The molecule has 1 heterocycles. The van der Waals surface area contributed by atoms with Crippen LogP contribution in [0.5, 0.6) is 0 Å². The quantitative estimate of drug-likeness (QED) is 0.278. The van der Waals surface area contributed by atoms with Crippen LogP contribution in [0.4, 0.5) is 18.9 Å². The van der Waals surface area contributed by atoms with Crippen LogP contribution in [0, 0.1) is 0 Å². The van der Waals surface area contributed by atoms with Crippen LogP contribution >= 0.6 is 11.6 Å². The highest BCUT2D eigenvalue weighted by molar-refractivity contribution is 6.34. The van der Waals surface area contributed by atoms with Gasteiger partial charge in [0.05, 0.1) is 16.4 Å². The first kappa shape index (κ1) is 26.4. The topological polar surface area (TPSA) is 82.2 Å². The molecule has 37 heavy (non-hydrogen) atoms. The summed E-state index contributed by atoms with van der Waals surface area (Å²) in [4.78, 5) is 13.3. The lowest BCUT2D eigenvalue weighted by Gasteiger charge is -2.19. The second kappa shape index (κ2) is 11.2. The Morgan fingerprint density at radius 1 is 1.05 bits per heavy atom. The van der Waals surface area contributed by atoms with Crippen molar-refractivity contribution in [1.82, 2.24) is 9.78 Å². The third-order valence-electron chi connectivity index (χ3n) is 5.60. The summed E-state index contributed by atoms with van der Waals surface area (Å²) in [5.41, 5.74) is 6.94. The van der Waals surface area contributed by atoms with Gasteiger partial charge in [-0.2, -0.15) is 18.3 Å². The zero-order valence-corrected chi connectivity index (χ0v) is 20.6. The van der Waals surface area contributed by atoms with Gasteiger partial charge in [-0.25, -0.2) is 4.68 Å². The molecule has 6 nitrogen and oxygen atoms in total. The Bertz CT molecular complexity index is 1390. The van der Waals surface area contributed by atoms with Gasteiger partial charge in [-0.05, 0) is 47.9 Å². The van der Waals surface area contributed by atoms with Gasteiger partial charge in [0.25, 0.3) is 5.91 Å². The van der Waals surface area contributed by atoms with Gasteiger partial charge in [0.1, 0.15) is 11.8 Å². The number of benzene rings is 3. The summed E-state index contributed by atoms with van der Waals surface area (Å²) < 4.78 is 47.4. The van der Waals surface area contributed by atoms with Crippen molar-refractivity contribution in [2.45, 2.75) is 25.7 Å². The number of nitrogens with zero attached hydrogens (tertiary/aromatic N) is 2. The molecule has 1 amide bonds. The summed E-state index contributed by atoms with van der Waals surface area (Å²) in [6.07, 6.45) is -5.18. The Labute approximate surface area is 216 Å². The van der Waals surface area contributed by atoms with E-state index < -0.39 is 23.9 Å². The van der Waals surface area contributed by atoms with Crippen molar-refractivity contribution in [1.29, 1.82) is 0 Å². The van der Waals surface area contributed by atoms with Crippen molar-refractivity contribution in [2.24, 2.45) is 5.73 Å². The highest BCUT2D eigenvalue weighted by atomic mass is 35.5. The number of carbonyl (C=O) groups excluding carboxylic acids is 1. The Morgan fingerprint density at radius 3 is 2.49 bits per heavy atom. The number of hydrogen-bond acceptors (Lipinski definition) is 4. The van der Waals surface area contributed by atoms with E-state index in [-0.39, 0.29) is 28.6 Å². The number of anilines is 1. The third kappa shape index (κ3) is 6.02. The average molecular weight is 529 g/mol. The number of nitrogens with one attached hydrogen (secondary N) is 1. The summed E-state index contributed by atoms with van der Waals surface area (Å²) >= 11 is 6.36. The van der Waals surface area contributed by atoms with Gasteiger partial charge in [0.2, 0.25) is 0 Å². The van der Waals surface area contributed by atoms with Crippen molar-refractivity contribution >= 4 is 23.2 Å².